The largest absolute Gasteiger partial charge is 0.483 e. The molecule has 0 bridgehead atoms. The van der Waals surface area contributed by atoms with Gasteiger partial charge in [-0.3, -0.25) is 14.7 Å². The molecule has 0 saturated heterocycles. The first-order chi connectivity index (χ1) is 13.6. The Morgan fingerprint density at radius 1 is 1.21 bits per heavy atom. The summed E-state index contributed by atoms with van der Waals surface area (Å²) in [6.45, 7) is 3.03. The van der Waals surface area contributed by atoms with Gasteiger partial charge in [-0.25, -0.2) is 4.98 Å². The minimum absolute atomic E-state index is 0.0598. The number of amides is 1. The number of carbonyl (C=O) groups is 1. The van der Waals surface area contributed by atoms with Crippen molar-refractivity contribution < 1.29 is 9.53 Å². The van der Waals surface area contributed by atoms with Crippen molar-refractivity contribution in [2.45, 2.75) is 6.92 Å². The minimum atomic E-state index is -0.138. The number of anilines is 2. The quantitative estimate of drug-likeness (QED) is 0.725. The Kier molecular flexibility index (Phi) is 5.12. The van der Waals surface area contributed by atoms with Gasteiger partial charge < -0.3 is 10.1 Å². The molecule has 7 heteroatoms. The molecule has 0 unspecified atom stereocenters. The average molecular weight is 395 g/mol. The van der Waals surface area contributed by atoms with Crippen molar-refractivity contribution in [2.24, 2.45) is 0 Å². The van der Waals surface area contributed by atoms with Gasteiger partial charge in [0.1, 0.15) is 5.75 Å². The first-order valence-corrected chi connectivity index (χ1v) is 9.33. The normalized spacial score (nSPS) is 12.9. The van der Waals surface area contributed by atoms with Crippen LogP contribution in [0.5, 0.6) is 5.75 Å². The van der Waals surface area contributed by atoms with E-state index < -0.39 is 0 Å². The van der Waals surface area contributed by atoms with Gasteiger partial charge in [-0.15, -0.1) is 0 Å². The van der Waals surface area contributed by atoms with Gasteiger partial charge in [0, 0.05) is 42.3 Å². The number of pyridine rings is 2. The third-order valence-corrected chi connectivity index (χ3v) is 4.81. The highest BCUT2D eigenvalue weighted by Gasteiger charge is 2.24. The topological polar surface area (TPSA) is 67.3 Å². The SMILES string of the molecule is Cc1cc(Cl)ccc1OCC(=O)N1CCNc2cc(-c3ccncc3)cnc21. The zero-order valence-corrected chi connectivity index (χ0v) is 16.1. The van der Waals surface area contributed by atoms with E-state index in [4.69, 9.17) is 16.3 Å². The van der Waals surface area contributed by atoms with E-state index in [2.05, 4.69) is 15.3 Å². The fourth-order valence-electron chi connectivity index (χ4n) is 3.15. The summed E-state index contributed by atoms with van der Waals surface area (Å²) >= 11 is 5.97. The number of nitrogens with zero attached hydrogens (tertiary/aromatic N) is 3. The summed E-state index contributed by atoms with van der Waals surface area (Å²) in [5, 5.41) is 3.96. The van der Waals surface area contributed by atoms with Crippen LogP contribution < -0.4 is 15.0 Å². The second-order valence-electron chi connectivity index (χ2n) is 6.50. The molecular weight excluding hydrogens is 376 g/mol. The standard InChI is InChI=1S/C21H19ClN4O2/c1-14-10-17(22)2-3-19(14)28-13-20(27)26-9-8-24-18-11-16(12-25-21(18)26)15-4-6-23-7-5-15/h2-7,10-12,24H,8-9,13H2,1H3. The molecule has 0 radical (unpaired) electrons. The molecule has 28 heavy (non-hydrogen) atoms. The molecular formula is C21H19ClN4O2. The molecule has 6 nitrogen and oxygen atoms in total. The molecule has 0 saturated carbocycles. The van der Waals surface area contributed by atoms with E-state index in [1.165, 1.54) is 0 Å². The molecule has 3 aromatic rings. The van der Waals surface area contributed by atoms with Crippen molar-refractivity contribution in [3.8, 4) is 16.9 Å². The Balaban J connectivity index is 1.51. The first kappa shape index (κ1) is 18.3. The molecule has 4 rings (SSSR count). The van der Waals surface area contributed by atoms with Crippen molar-refractivity contribution in [2.75, 3.05) is 29.9 Å². The lowest BCUT2D eigenvalue weighted by Crippen LogP contribution is -2.42. The van der Waals surface area contributed by atoms with E-state index >= 15 is 0 Å². The maximum atomic E-state index is 12.8. The fourth-order valence-corrected chi connectivity index (χ4v) is 3.37. The van der Waals surface area contributed by atoms with Crippen LogP contribution in [0.1, 0.15) is 5.56 Å². The number of fused-ring (bicyclic) bond motifs is 1. The van der Waals surface area contributed by atoms with Crippen LogP contribution in [0.3, 0.4) is 0 Å². The molecule has 1 N–H and O–H groups in total. The van der Waals surface area contributed by atoms with E-state index in [9.17, 15) is 4.79 Å². The first-order valence-electron chi connectivity index (χ1n) is 8.95. The van der Waals surface area contributed by atoms with Gasteiger partial charge in [0.25, 0.3) is 5.91 Å². The van der Waals surface area contributed by atoms with Gasteiger partial charge in [0.05, 0.1) is 5.69 Å². The number of halogens is 1. The third-order valence-electron chi connectivity index (χ3n) is 4.58. The Morgan fingerprint density at radius 3 is 2.82 bits per heavy atom. The van der Waals surface area contributed by atoms with Crippen LogP contribution in [-0.2, 0) is 4.79 Å². The molecule has 0 aliphatic carbocycles. The second-order valence-corrected chi connectivity index (χ2v) is 6.94. The Labute approximate surface area is 168 Å². The zero-order chi connectivity index (χ0) is 19.5. The predicted octanol–water partition coefficient (Wildman–Crippen LogP) is 3.94. The summed E-state index contributed by atoms with van der Waals surface area (Å²) in [5.41, 5.74) is 3.71. The van der Waals surface area contributed by atoms with Crippen LogP contribution in [0.2, 0.25) is 5.02 Å². The monoisotopic (exact) mass is 394 g/mol. The molecule has 0 atom stereocenters. The van der Waals surface area contributed by atoms with Crippen molar-refractivity contribution in [3.05, 3.63) is 65.6 Å². The summed E-state index contributed by atoms with van der Waals surface area (Å²) in [5.74, 6) is 1.13. The summed E-state index contributed by atoms with van der Waals surface area (Å²) in [6, 6.07) is 11.2. The maximum absolute atomic E-state index is 12.8. The fraction of sp³-hybridized carbons (Fsp3) is 0.190. The van der Waals surface area contributed by atoms with Gasteiger partial charge in [0.2, 0.25) is 0 Å². The number of ether oxygens (including phenoxy) is 1. The van der Waals surface area contributed by atoms with E-state index in [1.807, 2.05) is 31.2 Å². The number of aromatic nitrogens is 2. The van der Waals surface area contributed by atoms with E-state index in [0.717, 1.165) is 22.4 Å². The Morgan fingerprint density at radius 2 is 2.04 bits per heavy atom. The lowest BCUT2D eigenvalue weighted by atomic mass is 10.1. The molecule has 0 spiro atoms. The third kappa shape index (κ3) is 3.77. The van der Waals surface area contributed by atoms with E-state index in [1.54, 1.807) is 35.6 Å². The minimum Gasteiger partial charge on any atom is -0.483 e. The van der Waals surface area contributed by atoms with Gasteiger partial charge in [-0.2, -0.15) is 0 Å². The Hall–Kier alpha value is -3.12. The summed E-state index contributed by atoms with van der Waals surface area (Å²) in [6.07, 6.45) is 5.26. The second kappa shape index (κ2) is 7.86. The number of rotatable bonds is 4. The summed E-state index contributed by atoms with van der Waals surface area (Å²) in [4.78, 5) is 23.0. The zero-order valence-electron chi connectivity index (χ0n) is 15.4. The van der Waals surface area contributed by atoms with Gasteiger partial charge in [-0.1, -0.05) is 11.6 Å². The van der Waals surface area contributed by atoms with Gasteiger partial charge in [-0.05, 0) is 54.4 Å². The van der Waals surface area contributed by atoms with E-state index in [-0.39, 0.29) is 12.5 Å². The molecule has 142 valence electrons. The number of aryl methyl sites for hydroxylation is 1. The van der Waals surface area contributed by atoms with E-state index in [0.29, 0.717) is 29.7 Å². The Bertz CT molecular complexity index is 1010. The van der Waals surface area contributed by atoms with Crippen LogP contribution in [-0.4, -0.2) is 35.6 Å². The molecule has 2 aromatic heterocycles. The van der Waals surface area contributed by atoms with Gasteiger partial charge >= 0.3 is 0 Å². The van der Waals surface area contributed by atoms with Crippen molar-refractivity contribution in [3.63, 3.8) is 0 Å². The highest BCUT2D eigenvalue weighted by Crippen LogP contribution is 2.31. The van der Waals surface area contributed by atoms with Gasteiger partial charge in [0.15, 0.2) is 12.4 Å². The predicted molar refractivity (Wildman–Crippen MR) is 110 cm³/mol. The number of benzene rings is 1. The van der Waals surface area contributed by atoms with Crippen molar-refractivity contribution in [1.82, 2.24) is 9.97 Å². The number of nitrogens with one attached hydrogen (secondary N) is 1. The smallest absolute Gasteiger partial charge is 0.266 e. The molecule has 3 heterocycles. The van der Waals surface area contributed by atoms with Crippen molar-refractivity contribution in [1.29, 1.82) is 0 Å². The maximum Gasteiger partial charge on any atom is 0.266 e. The molecule has 1 aliphatic heterocycles. The lowest BCUT2D eigenvalue weighted by molar-refractivity contribution is -0.120. The number of hydrogen-bond donors (Lipinski definition) is 1. The van der Waals surface area contributed by atoms with Crippen LogP contribution in [0.25, 0.3) is 11.1 Å². The average Bonchev–Trinajstić information content (AvgIpc) is 2.72. The van der Waals surface area contributed by atoms with Crippen molar-refractivity contribution >= 4 is 29.0 Å². The lowest BCUT2D eigenvalue weighted by Gasteiger charge is -2.29. The van der Waals surface area contributed by atoms with Crippen LogP contribution in [0.15, 0.2) is 55.0 Å². The highest BCUT2D eigenvalue weighted by molar-refractivity contribution is 6.30. The van der Waals surface area contributed by atoms with Crippen LogP contribution >= 0.6 is 11.6 Å². The molecule has 1 aliphatic rings. The number of carbonyl (C=O) groups excluding carboxylic acids is 1. The molecule has 1 aromatic carbocycles. The molecule has 1 amide bonds. The summed E-state index contributed by atoms with van der Waals surface area (Å²) < 4.78 is 5.71. The molecule has 0 fully saturated rings. The summed E-state index contributed by atoms with van der Waals surface area (Å²) in [7, 11) is 0. The van der Waals surface area contributed by atoms with Crippen LogP contribution in [0, 0.1) is 6.92 Å². The van der Waals surface area contributed by atoms with Crippen LogP contribution in [0.4, 0.5) is 11.5 Å². The number of hydrogen-bond acceptors (Lipinski definition) is 5. The highest BCUT2D eigenvalue weighted by atomic mass is 35.5.